The van der Waals surface area contributed by atoms with E-state index in [1.165, 1.54) is 18.9 Å². The summed E-state index contributed by atoms with van der Waals surface area (Å²) in [6.45, 7) is 7.25. The van der Waals surface area contributed by atoms with E-state index < -0.39 is 0 Å². The van der Waals surface area contributed by atoms with Gasteiger partial charge in [-0.15, -0.1) is 31.7 Å². The summed E-state index contributed by atoms with van der Waals surface area (Å²) in [6.07, 6.45) is 5.28. The maximum Gasteiger partial charge on any atom is 0.228 e. The zero-order valence-corrected chi connectivity index (χ0v) is 21.1. The molecule has 5 heterocycles. The Balaban J connectivity index is 1.25. The van der Waals surface area contributed by atoms with Crippen LogP contribution in [0.3, 0.4) is 0 Å². The van der Waals surface area contributed by atoms with Gasteiger partial charge in [-0.05, 0) is 51.2 Å². The van der Waals surface area contributed by atoms with Gasteiger partial charge >= 0.3 is 0 Å². The molecule has 5 rings (SSSR count). The van der Waals surface area contributed by atoms with E-state index in [9.17, 15) is 9.18 Å². The summed E-state index contributed by atoms with van der Waals surface area (Å²) in [4.78, 5) is 16.1. The number of nitrogens with one attached hydrogen (secondary N) is 2. The molecule has 12 heteroatoms. The monoisotopic (exact) mass is 501 g/mol. The molecule has 0 saturated carbocycles. The Bertz CT molecular complexity index is 1130. The summed E-state index contributed by atoms with van der Waals surface area (Å²) in [5, 5.41) is 25.2. The molecular weight excluding hydrogens is 469 g/mol. The van der Waals surface area contributed by atoms with Crippen LogP contribution in [-0.4, -0.2) is 64.8 Å². The van der Waals surface area contributed by atoms with Crippen LogP contribution in [0.25, 0.3) is 0 Å². The number of H-pyrrole nitrogens is 1. The SMILES string of the molecule is Cc1nnc(C(C)C)n1C1CC2CCC(C1)N2CC[C@H](NC(=O)Cc1nn[nH]n1)c1ccc(F)s1. The van der Waals surface area contributed by atoms with Gasteiger partial charge in [-0.2, -0.15) is 9.60 Å². The average molecular weight is 502 g/mol. The van der Waals surface area contributed by atoms with Gasteiger partial charge in [0.05, 0.1) is 12.5 Å². The highest BCUT2D eigenvalue weighted by Gasteiger charge is 2.42. The number of fused-ring (bicyclic) bond motifs is 2. The maximum atomic E-state index is 13.8. The van der Waals surface area contributed by atoms with Gasteiger partial charge in [0.1, 0.15) is 11.6 Å². The normalized spacial score (nSPS) is 23.2. The van der Waals surface area contributed by atoms with E-state index >= 15 is 0 Å². The van der Waals surface area contributed by atoms with Crippen molar-refractivity contribution in [2.45, 2.75) is 89.4 Å². The van der Waals surface area contributed by atoms with Crippen molar-refractivity contribution in [3.05, 3.63) is 39.6 Å². The molecule has 2 unspecified atom stereocenters. The number of halogens is 1. The largest absolute Gasteiger partial charge is 0.348 e. The molecule has 10 nitrogen and oxygen atoms in total. The van der Waals surface area contributed by atoms with Crippen LogP contribution < -0.4 is 5.32 Å². The molecule has 3 atom stereocenters. The third kappa shape index (κ3) is 5.13. The maximum absolute atomic E-state index is 13.8. The van der Waals surface area contributed by atoms with E-state index in [1.54, 1.807) is 6.07 Å². The van der Waals surface area contributed by atoms with Gasteiger partial charge in [-0.1, -0.05) is 19.1 Å². The fourth-order valence-corrected chi connectivity index (χ4v) is 6.59. The molecule has 0 aromatic carbocycles. The number of rotatable bonds is 9. The predicted octanol–water partition coefficient (Wildman–Crippen LogP) is 3.08. The first-order valence-electron chi connectivity index (χ1n) is 12.3. The van der Waals surface area contributed by atoms with Gasteiger partial charge in [-0.3, -0.25) is 9.69 Å². The Kier molecular flexibility index (Phi) is 6.92. The molecule has 2 bridgehead atoms. The third-order valence-corrected chi connectivity index (χ3v) is 8.28. The molecule has 1 amide bonds. The average Bonchev–Trinajstić information content (AvgIpc) is 3.60. The smallest absolute Gasteiger partial charge is 0.228 e. The number of tetrazole rings is 1. The van der Waals surface area contributed by atoms with Crippen molar-refractivity contribution in [2.24, 2.45) is 0 Å². The number of carbonyl (C=O) groups excluding carboxylic acids is 1. The Morgan fingerprint density at radius 2 is 1.97 bits per heavy atom. The molecule has 0 spiro atoms. The van der Waals surface area contributed by atoms with Gasteiger partial charge in [0, 0.05) is 35.5 Å². The Hall–Kier alpha value is -2.73. The summed E-state index contributed by atoms with van der Waals surface area (Å²) >= 11 is 1.09. The van der Waals surface area contributed by atoms with E-state index in [0.717, 1.165) is 53.7 Å². The Morgan fingerprint density at radius 1 is 1.20 bits per heavy atom. The van der Waals surface area contributed by atoms with Crippen molar-refractivity contribution in [3.63, 3.8) is 0 Å². The first-order chi connectivity index (χ1) is 16.9. The number of hydrogen-bond donors (Lipinski definition) is 2. The van der Waals surface area contributed by atoms with Gasteiger partial charge < -0.3 is 9.88 Å². The van der Waals surface area contributed by atoms with Gasteiger partial charge in [0.15, 0.2) is 11.0 Å². The van der Waals surface area contributed by atoms with Gasteiger partial charge in [-0.25, -0.2) is 0 Å². The molecular formula is C23H32FN9OS. The molecule has 2 aliphatic heterocycles. The van der Waals surface area contributed by atoms with E-state index in [-0.39, 0.29) is 23.5 Å². The Labute approximate surface area is 207 Å². The highest BCUT2D eigenvalue weighted by molar-refractivity contribution is 7.10. The minimum atomic E-state index is -0.256. The lowest BCUT2D eigenvalue weighted by molar-refractivity contribution is -0.121. The molecule has 188 valence electrons. The van der Waals surface area contributed by atoms with Crippen LogP contribution in [0.1, 0.15) is 86.3 Å². The summed E-state index contributed by atoms with van der Waals surface area (Å²) < 4.78 is 16.2. The van der Waals surface area contributed by atoms with Crippen molar-refractivity contribution in [3.8, 4) is 0 Å². The van der Waals surface area contributed by atoms with Crippen LogP contribution in [0, 0.1) is 12.1 Å². The minimum Gasteiger partial charge on any atom is -0.348 e. The first kappa shape index (κ1) is 24.0. The number of amides is 1. The molecule has 2 fully saturated rings. The number of carbonyl (C=O) groups is 1. The number of thiophene rings is 1. The van der Waals surface area contributed by atoms with Crippen molar-refractivity contribution in [1.82, 2.24) is 45.6 Å². The summed E-state index contributed by atoms with van der Waals surface area (Å²) in [5.41, 5.74) is 0. The number of piperidine rings is 1. The van der Waals surface area contributed by atoms with Gasteiger partial charge in [0.25, 0.3) is 0 Å². The molecule has 0 radical (unpaired) electrons. The fraction of sp³-hybridized carbons (Fsp3) is 0.652. The molecule has 2 N–H and O–H groups in total. The number of aromatic amines is 1. The lowest BCUT2D eigenvalue weighted by Crippen LogP contribution is -2.45. The van der Waals surface area contributed by atoms with E-state index in [0.29, 0.717) is 29.9 Å². The van der Waals surface area contributed by atoms with Crippen molar-refractivity contribution in [1.29, 1.82) is 0 Å². The second-order valence-corrected chi connectivity index (χ2v) is 11.0. The standard InChI is InChI=1S/C23H32FN9OS/c1-13(2)23-29-26-14(3)33(23)17-10-15-4-5-16(11-17)32(15)9-8-18(19-6-7-20(24)35-19)25-22(34)12-21-27-30-31-28-21/h6-7,13,15-18H,4-5,8-12H2,1-3H3,(H,25,34)(H,27,28,30,31)/t15?,16?,17?,18-/m0/s1. The molecule has 3 aromatic heterocycles. The summed E-state index contributed by atoms with van der Waals surface area (Å²) in [5.74, 6) is 2.55. The van der Waals surface area contributed by atoms with E-state index in [1.807, 2.05) is 0 Å². The van der Waals surface area contributed by atoms with Crippen molar-refractivity contribution >= 4 is 17.2 Å². The van der Waals surface area contributed by atoms with Crippen LogP contribution in [0.5, 0.6) is 0 Å². The molecule has 35 heavy (non-hydrogen) atoms. The molecule has 2 aliphatic rings. The molecule has 2 saturated heterocycles. The number of aromatic nitrogens is 7. The topological polar surface area (TPSA) is 118 Å². The van der Waals surface area contributed by atoms with Crippen molar-refractivity contribution < 1.29 is 9.18 Å². The third-order valence-electron chi connectivity index (χ3n) is 7.29. The lowest BCUT2D eigenvalue weighted by atomic mass is 9.95. The highest BCUT2D eigenvalue weighted by atomic mass is 32.1. The second kappa shape index (κ2) is 10.1. The van der Waals surface area contributed by atoms with E-state index in [2.05, 4.69) is 66.4 Å². The van der Waals surface area contributed by atoms with Crippen LogP contribution in [0.4, 0.5) is 4.39 Å². The quantitative estimate of drug-likeness (QED) is 0.463. The van der Waals surface area contributed by atoms with Gasteiger partial charge in [0.2, 0.25) is 5.91 Å². The number of aryl methyl sites for hydroxylation is 1. The highest BCUT2D eigenvalue weighted by Crippen LogP contribution is 2.42. The summed E-state index contributed by atoms with van der Waals surface area (Å²) in [6, 6.07) is 4.39. The van der Waals surface area contributed by atoms with Crippen LogP contribution in [-0.2, 0) is 11.2 Å². The predicted molar refractivity (Wildman–Crippen MR) is 128 cm³/mol. The zero-order valence-electron chi connectivity index (χ0n) is 20.3. The molecule has 0 aliphatic carbocycles. The summed E-state index contributed by atoms with van der Waals surface area (Å²) in [7, 11) is 0. The Morgan fingerprint density at radius 3 is 2.60 bits per heavy atom. The van der Waals surface area contributed by atoms with E-state index in [4.69, 9.17) is 0 Å². The number of hydrogen-bond acceptors (Lipinski definition) is 8. The van der Waals surface area contributed by atoms with Crippen LogP contribution in [0.2, 0.25) is 0 Å². The first-order valence-corrected chi connectivity index (χ1v) is 13.1. The van der Waals surface area contributed by atoms with Crippen molar-refractivity contribution in [2.75, 3.05) is 6.54 Å². The van der Waals surface area contributed by atoms with Crippen LogP contribution in [0.15, 0.2) is 12.1 Å². The lowest BCUT2D eigenvalue weighted by Gasteiger charge is -2.40. The van der Waals surface area contributed by atoms with Crippen LogP contribution >= 0.6 is 11.3 Å². The number of nitrogens with zero attached hydrogens (tertiary/aromatic N) is 7. The molecule has 3 aromatic rings. The second-order valence-electron chi connectivity index (χ2n) is 9.93. The minimum absolute atomic E-state index is 0.0357. The zero-order chi connectivity index (χ0) is 24.5. The fourth-order valence-electron chi connectivity index (χ4n) is 5.78.